The van der Waals surface area contributed by atoms with E-state index in [-0.39, 0.29) is 6.71 Å². The Kier molecular flexibility index (Phi) is 9.34. The van der Waals surface area contributed by atoms with Crippen molar-refractivity contribution in [2.75, 3.05) is 9.80 Å². The fraction of sp³-hybridized carbons (Fsp3) is 0. The highest BCUT2D eigenvalue weighted by Gasteiger charge is 2.45. The van der Waals surface area contributed by atoms with Gasteiger partial charge in [0.2, 0.25) is 0 Å². The Hall–Kier alpha value is -11.6. The van der Waals surface area contributed by atoms with Crippen molar-refractivity contribution < 1.29 is 0 Å². The van der Waals surface area contributed by atoms with Crippen molar-refractivity contribution in [2.24, 2.45) is 0 Å². The van der Waals surface area contributed by atoms with Gasteiger partial charge in [-0.05, 0) is 118 Å². The van der Waals surface area contributed by atoms with Gasteiger partial charge in [-0.15, -0.1) is 11.3 Å². The molecule has 7 heteroatoms. The minimum atomic E-state index is -0.183. The minimum Gasteiger partial charge on any atom is -0.311 e. The lowest BCUT2D eigenvalue weighted by Crippen LogP contribution is -2.61. The average molecular weight is 1170 g/mol. The number of benzene rings is 14. The van der Waals surface area contributed by atoms with Crippen LogP contribution in [0.1, 0.15) is 0 Å². The van der Waals surface area contributed by atoms with Crippen LogP contribution >= 0.6 is 11.3 Å². The number of anilines is 6. The van der Waals surface area contributed by atoms with E-state index in [1.165, 1.54) is 168 Å². The molecule has 0 saturated heterocycles. The van der Waals surface area contributed by atoms with Crippen molar-refractivity contribution in [1.82, 2.24) is 13.4 Å². The Bertz CT molecular complexity index is 6220. The van der Waals surface area contributed by atoms with Crippen LogP contribution in [0.4, 0.5) is 34.1 Å². The fourth-order valence-electron chi connectivity index (χ4n) is 16.9. The molecule has 0 saturated carbocycles. The summed E-state index contributed by atoms with van der Waals surface area (Å²) in [5.41, 5.74) is 26.3. The molecule has 0 N–H and O–H groups in total. The van der Waals surface area contributed by atoms with E-state index in [0.717, 1.165) is 28.4 Å². The molecule has 5 nitrogen and oxygen atoms in total. The Labute approximate surface area is 525 Å². The molecule has 22 rings (SSSR count). The molecule has 0 amide bonds. The highest BCUT2D eigenvalue weighted by Crippen LogP contribution is 2.52. The summed E-state index contributed by atoms with van der Waals surface area (Å²) in [4.78, 5) is 5.26. The third-order valence-corrected chi connectivity index (χ3v) is 21.8. The summed E-state index contributed by atoms with van der Waals surface area (Å²) in [5, 5.41) is 15.2. The maximum Gasteiger partial charge on any atom is 0.252 e. The average Bonchev–Trinajstić information content (AvgIpc) is 1.66. The quantitative estimate of drug-likeness (QED) is 0.160. The zero-order valence-corrected chi connectivity index (χ0v) is 49.8. The van der Waals surface area contributed by atoms with Crippen LogP contribution in [-0.4, -0.2) is 20.1 Å². The first-order chi connectivity index (χ1) is 45.2. The van der Waals surface area contributed by atoms with E-state index in [1.807, 2.05) is 11.3 Å². The molecule has 20 aromatic rings. The first kappa shape index (κ1) is 48.4. The van der Waals surface area contributed by atoms with Crippen molar-refractivity contribution >= 4 is 187 Å². The van der Waals surface area contributed by atoms with E-state index < -0.39 is 0 Å². The van der Waals surface area contributed by atoms with E-state index >= 15 is 0 Å². The predicted octanol–water partition coefficient (Wildman–Crippen LogP) is 20.9. The molecule has 418 valence electrons. The summed E-state index contributed by atoms with van der Waals surface area (Å²) < 4.78 is 10.3. The summed E-state index contributed by atoms with van der Waals surface area (Å²) >= 11 is 1.88. The second-order valence-electron chi connectivity index (χ2n) is 25.1. The van der Waals surface area contributed by atoms with Gasteiger partial charge in [0.15, 0.2) is 0 Å². The molecule has 0 aliphatic carbocycles. The Morgan fingerprint density at radius 2 is 0.670 bits per heavy atom. The summed E-state index contributed by atoms with van der Waals surface area (Å²) in [6, 6.07) is 110. The van der Waals surface area contributed by atoms with Crippen molar-refractivity contribution in [3.05, 3.63) is 291 Å². The molecule has 14 aromatic carbocycles. The van der Waals surface area contributed by atoms with Crippen molar-refractivity contribution in [3.8, 4) is 27.9 Å². The maximum absolute atomic E-state index is 2.63. The van der Waals surface area contributed by atoms with Crippen LogP contribution < -0.4 is 26.2 Å². The van der Waals surface area contributed by atoms with Gasteiger partial charge in [0.05, 0.1) is 49.8 Å². The van der Waals surface area contributed by atoms with E-state index in [0.29, 0.717) is 0 Å². The molecule has 8 heterocycles. The standard InChI is InChI=1S/C84H48BN5S/c1-3-17-49(18-4-1)51-33-37-53(38-34-51)86-74-47-72-65(61-27-15-25-59-56-21-8-12-30-70(56)89(72)82(59)61)45-67(74)85-68-46-66-62-28-16-26-60-57-22-9-13-31-71(57)90(83(60)62)73(66)48-75(68)87(54-39-35-52(36-40-54)50-19-5-2-6-20-50)77-44-55(43-76(86)81(77)85)88-69-29-11-7-23-58(69)63-41-42-79-80(84(63)88)64-24-10-14-32-78(64)91-79/h1-48H. The molecule has 2 aliphatic heterocycles. The van der Waals surface area contributed by atoms with Crippen LogP contribution in [0.2, 0.25) is 0 Å². The van der Waals surface area contributed by atoms with Gasteiger partial charge in [-0.2, -0.15) is 0 Å². The largest absolute Gasteiger partial charge is 0.311 e. The topological polar surface area (TPSA) is 20.2 Å². The summed E-state index contributed by atoms with van der Waals surface area (Å²) in [6.45, 7) is -0.183. The fourth-order valence-corrected chi connectivity index (χ4v) is 18.0. The lowest BCUT2D eigenvalue weighted by molar-refractivity contribution is 1.17. The van der Waals surface area contributed by atoms with E-state index in [9.17, 15) is 0 Å². The van der Waals surface area contributed by atoms with Crippen LogP contribution in [0.3, 0.4) is 0 Å². The third kappa shape index (κ3) is 6.30. The molecule has 6 aromatic heterocycles. The predicted molar refractivity (Wildman–Crippen MR) is 388 cm³/mol. The molecule has 0 radical (unpaired) electrons. The number of rotatable bonds is 5. The van der Waals surface area contributed by atoms with E-state index in [2.05, 4.69) is 314 Å². The lowest BCUT2D eigenvalue weighted by Gasteiger charge is -2.44. The number of para-hydroxylation sites is 5. The zero-order chi connectivity index (χ0) is 58.9. The zero-order valence-electron chi connectivity index (χ0n) is 48.9. The van der Waals surface area contributed by atoms with Gasteiger partial charge in [0, 0.05) is 108 Å². The Morgan fingerprint density at radius 1 is 0.253 bits per heavy atom. The summed E-state index contributed by atoms with van der Waals surface area (Å²) in [7, 11) is 0. The number of fused-ring (bicyclic) bond motifs is 23. The summed E-state index contributed by atoms with van der Waals surface area (Å²) in [6.07, 6.45) is 0. The number of nitrogens with zero attached hydrogens (tertiary/aromatic N) is 5. The summed E-state index contributed by atoms with van der Waals surface area (Å²) in [5.74, 6) is 0. The molecular formula is C84H48BN5S. The molecule has 2 aliphatic rings. The van der Waals surface area contributed by atoms with Crippen molar-refractivity contribution in [1.29, 1.82) is 0 Å². The van der Waals surface area contributed by atoms with Crippen LogP contribution in [0.15, 0.2) is 291 Å². The number of hydrogen-bond acceptors (Lipinski definition) is 3. The number of hydrogen-bond donors (Lipinski definition) is 0. The lowest BCUT2D eigenvalue weighted by atomic mass is 9.33. The molecule has 0 fully saturated rings. The van der Waals surface area contributed by atoms with Gasteiger partial charge < -0.3 is 23.2 Å². The Balaban J connectivity index is 0.925. The van der Waals surface area contributed by atoms with Gasteiger partial charge in [-0.25, -0.2) is 0 Å². The minimum absolute atomic E-state index is 0.183. The first-order valence-corrected chi connectivity index (χ1v) is 32.3. The number of thiophene rings is 1. The van der Waals surface area contributed by atoms with Gasteiger partial charge in [-0.1, -0.05) is 212 Å². The SMILES string of the molecule is c1ccc(-c2ccc(N3c4cc5c(cc4B4c6cc7c8cccc9c%10ccccc%10n(c7cc6N(c6ccc(-c7ccccc7)cc6)c6cc(-n7c%10ccccc%10c%10ccc%11sc%12ccccc%12c%11c%107)cc3c64)c98)c3cccc4c6ccccc6n5c43)cc2)cc1. The Morgan fingerprint density at radius 3 is 1.20 bits per heavy atom. The van der Waals surface area contributed by atoms with Crippen molar-refractivity contribution in [3.63, 3.8) is 0 Å². The van der Waals surface area contributed by atoms with Gasteiger partial charge in [-0.3, -0.25) is 0 Å². The highest BCUT2D eigenvalue weighted by molar-refractivity contribution is 7.26. The first-order valence-electron chi connectivity index (χ1n) is 31.5. The molecule has 0 unspecified atom stereocenters. The normalized spacial score (nSPS) is 13.2. The highest BCUT2D eigenvalue weighted by atomic mass is 32.1. The van der Waals surface area contributed by atoms with Gasteiger partial charge in [0.25, 0.3) is 6.71 Å². The third-order valence-electron chi connectivity index (χ3n) is 20.6. The van der Waals surface area contributed by atoms with Crippen LogP contribution in [0, 0.1) is 0 Å². The smallest absolute Gasteiger partial charge is 0.252 e. The van der Waals surface area contributed by atoms with Gasteiger partial charge >= 0.3 is 0 Å². The molecule has 0 spiro atoms. The molecule has 0 atom stereocenters. The van der Waals surface area contributed by atoms with Crippen LogP contribution in [0.25, 0.3) is 146 Å². The van der Waals surface area contributed by atoms with Gasteiger partial charge in [0.1, 0.15) is 0 Å². The van der Waals surface area contributed by atoms with Crippen molar-refractivity contribution in [2.45, 2.75) is 0 Å². The monoisotopic (exact) mass is 1170 g/mol. The molecule has 0 bridgehead atoms. The van der Waals surface area contributed by atoms with E-state index in [4.69, 9.17) is 0 Å². The maximum atomic E-state index is 2.63. The molecular weight excluding hydrogens is 1120 g/mol. The van der Waals surface area contributed by atoms with Crippen LogP contribution in [0.5, 0.6) is 0 Å². The second-order valence-corrected chi connectivity index (χ2v) is 26.2. The molecule has 91 heavy (non-hydrogen) atoms. The number of aromatic nitrogens is 3. The van der Waals surface area contributed by atoms with Crippen LogP contribution in [-0.2, 0) is 0 Å². The second kappa shape index (κ2) is 17.6. The van der Waals surface area contributed by atoms with E-state index in [1.54, 1.807) is 0 Å².